The van der Waals surface area contributed by atoms with Crippen LogP contribution in [0.25, 0.3) is 0 Å². The fourth-order valence-electron chi connectivity index (χ4n) is 3.66. The third kappa shape index (κ3) is 5.89. The first-order chi connectivity index (χ1) is 13.3. The van der Waals surface area contributed by atoms with Gasteiger partial charge in [0, 0.05) is 18.3 Å². The van der Waals surface area contributed by atoms with Gasteiger partial charge < -0.3 is 20.1 Å². The number of fused-ring (bicyclic) bond motifs is 1. The molecule has 0 saturated carbocycles. The highest BCUT2D eigenvalue weighted by atomic mass is 16.5. The van der Waals surface area contributed by atoms with E-state index in [2.05, 4.69) is 22.1 Å². The third-order valence-corrected chi connectivity index (χ3v) is 5.00. The molecule has 2 heterocycles. The van der Waals surface area contributed by atoms with Gasteiger partial charge in [-0.05, 0) is 77.8 Å². The largest absolute Gasteiger partial charge is 0.492 e. The van der Waals surface area contributed by atoms with Crippen molar-refractivity contribution >= 4 is 11.6 Å². The summed E-state index contributed by atoms with van der Waals surface area (Å²) in [5.41, 5.74) is 1.59. The summed E-state index contributed by atoms with van der Waals surface area (Å²) in [6.07, 6.45) is 4.05. The van der Waals surface area contributed by atoms with Crippen LogP contribution in [0.4, 0.5) is 5.69 Å². The number of benzene rings is 1. The minimum absolute atomic E-state index is 0.0772. The first kappa shape index (κ1) is 20.5. The van der Waals surface area contributed by atoms with Crippen molar-refractivity contribution in [3.63, 3.8) is 0 Å². The quantitative estimate of drug-likeness (QED) is 0.703. The molecule has 1 aromatic rings. The Labute approximate surface area is 168 Å². The van der Waals surface area contributed by atoms with Crippen LogP contribution in [-0.4, -0.2) is 48.7 Å². The highest BCUT2D eigenvalue weighted by Gasteiger charge is 2.25. The Morgan fingerprint density at radius 2 is 2.07 bits per heavy atom. The monoisotopic (exact) mass is 387 g/mol. The highest BCUT2D eigenvalue weighted by Crippen LogP contribution is 2.27. The van der Waals surface area contributed by atoms with Crippen molar-refractivity contribution in [1.29, 1.82) is 0 Å². The number of anilines is 1. The topological polar surface area (TPSA) is 62.8 Å². The van der Waals surface area contributed by atoms with Gasteiger partial charge in [-0.1, -0.05) is 6.07 Å². The number of likely N-dealkylation sites (tertiary alicyclic amines) is 1. The summed E-state index contributed by atoms with van der Waals surface area (Å²) < 4.78 is 11.6. The van der Waals surface area contributed by atoms with E-state index in [1.807, 2.05) is 39.0 Å². The molecule has 1 amide bonds. The standard InChI is InChI=1S/C22H33N3O3/c1-16(28-22(2,3)4)23-19-10-8-17-7-9-18(15-20(17)24-21(19)26)27-14-13-25-11-5-6-12-25/h7,9,15,19,23H,1,5-6,8,10-14H2,2-4H3,(H,24,26)/t19-/m0/s1. The second-order valence-electron chi connectivity index (χ2n) is 8.58. The number of hydrogen-bond acceptors (Lipinski definition) is 5. The molecule has 1 fully saturated rings. The predicted molar refractivity (Wildman–Crippen MR) is 111 cm³/mol. The maximum absolute atomic E-state index is 12.7. The normalized spacial score (nSPS) is 20.1. The molecule has 0 radical (unpaired) electrons. The summed E-state index contributed by atoms with van der Waals surface area (Å²) in [5, 5.41) is 6.14. The van der Waals surface area contributed by atoms with Crippen molar-refractivity contribution < 1.29 is 14.3 Å². The molecule has 2 aliphatic rings. The van der Waals surface area contributed by atoms with E-state index in [9.17, 15) is 4.79 Å². The van der Waals surface area contributed by atoms with Gasteiger partial charge in [0.1, 0.15) is 24.0 Å². The van der Waals surface area contributed by atoms with E-state index in [-0.39, 0.29) is 17.6 Å². The Hall–Kier alpha value is -2.21. The number of nitrogens with zero attached hydrogens (tertiary/aromatic N) is 1. The molecule has 154 valence electrons. The minimum atomic E-state index is -0.373. The smallest absolute Gasteiger partial charge is 0.246 e. The lowest BCUT2D eigenvalue weighted by atomic mass is 10.1. The maximum atomic E-state index is 12.7. The second kappa shape index (κ2) is 8.86. The SMILES string of the molecule is C=C(N[C@H]1CCc2ccc(OCCN3CCCC3)cc2NC1=O)OC(C)(C)C. The minimum Gasteiger partial charge on any atom is -0.492 e. The number of hydrogen-bond donors (Lipinski definition) is 2. The zero-order chi connectivity index (χ0) is 20.1. The van der Waals surface area contributed by atoms with Crippen molar-refractivity contribution in [2.24, 2.45) is 0 Å². The summed E-state index contributed by atoms with van der Waals surface area (Å²) in [6, 6.07) is 5.59. The molecule has 0 unspecified atom stereocenters. The van der Waals surface area contributed by atoms with Gasteiger partial charge in [-0.15, -0.1) is 0 Å². The van der Waals surface area contributed by atoms with Crippen LogP contribution < -0.4 is 15.4 Å². The van der Waals surface area contributed by atoms with Crippen molar-refractivity contribution in [1.82, 2.24) is 10.2 Å². The van der Waals surface area contributed by atoms with Crippen LogP contribution in [0.5, 0.6) is 5.75 Å². The van der Waals surface area contributed by atoms with E-state index in [4.69, 9.17) is 9.47 Å². The van der Waals surface area contributed by atoms with E-state index in [1.165, 1.54) is 25.9 Å². The molecule has 2 N–H and O–H groups in total. The van der Waals surface area contributed by atoms with Gasteiger partial charge in [-0.25, -0.2) is 0 Å². The average molecular weight is 388 g/mol. The Morgan fingerprint density at radius 1 is 1.32 bits per heavy atom. The van der Waals surface area contributed by atoms with Crippen LogP contribution in [0.2, 0.25) is 0 Å². The lowest BCUT2D eigenvalue weighted by Crippen LogP contribution is -2.40. The molecule has 0 bridgehead atoms. The van der Waals surface area contributed by atoms with E-state index < -0.39 is 0 Å². The lowest BCUT2D eigenvalue weighted by Gasteiger charge is -2.26. The van der Waals surface area contributed by atoms with Crippen molar-refractivity contribution in [2.75, 3.05) is 31.6 Å². The number of nitrogens with one attached hydrogen (secondary N) is 2. The lowest BCUT2D eigenvalue weighted by molar-refractivity contribution is -0.118. The predicted octanol–water partition coefficient (Wildman–Crippen LogP) is 3.29. The number of rotatable bonds is 7. The van der Waals surface area contributed by atoms with E-state index in [0.717, 1.165) is 30.0 Å². The molecule has 28 heavy (non-hydrogen) atoms. The molecular formula is C22H33N3O3. The van der Waals surface area contributed by atoms with Gasteiger partial charge in [-0.3, -0.25) is 9.69 Å². The molecular weight excluding hydrogens is 354 g/mol. The second-order valence-corrected chi connectivity index (χ2v) is 8.58. The van der Waals surface area contributed by atoms with Crippen LogP contribution in [0.3, 0.4) is 0 Å². The molecule has 1 aromatic carbocycles. The molecule has 1 atom stereocenters. The number of aryl methyl sites for hydroxylation is 1. The Bertz CT molecular complexity index is 705. The summed E-state index contributed by atoms with van der Waals surface area (Å²) in [6.45, 7) is 13.7. The number of ether oxygens (including phenoxy) is 2. The van der Waals surface area contributed by atoms with Gasteiger partial charge in [0.25, 0.3) is 0 Å². The molecule has 0 spiro atoms. The number of amides is 1. The van der Waals surface area contributed by atoms with Crippen molar-refractivity contribution in [3.8, 4) is 5.75 Å². The van der Waals surface area contributed by atoms with Crippen molar-refractivity contribution in [2.45, 2.75) is 58.1 Å². The summed E-state index contributed by atoms with van der Waals surface area (Å²) >= 11 is 0. The fraction of sp³-hybridized carbons (Fsp3) is 0.591. The molecule has 0 aliphatic carbocycles. The third-order valence-electron chi connectivity index (χ3n) is 5.00. The zero-order valence-corrected chi connectivity index (χ0v) is 17.3. The number of carbonyl (C=O) groups is 1. The Balaban J connectivity index is 1.55. The van der Waals surface area contributed by atoms with Crippen LogP contribution >= 0.6 is 0 Å². The van der Waals surface area contributed by atoms with Gasteiger partial charge in [0.2, 0.25) is 5.91 Å². The summed E-state index contributed by atoms with van der Waals surface area (Å²) in [7, 11) is 0. The van der Waals surface area contributed by atoms with E-state index in [0.29, 0.717) is 18.9 Å². The first-order valence-electron chi connectivity index (χ1n) is 10.2. The van der Waals surface area contributed by atoms with Gasteiger partial charge in [-0.2, -0.15) is 0 Å². The summed E-state index contributed by atoms with van der Waals surface area (Å²) in [4.78, 5) is 15.1. The average Bonchev–Trinajstić information content (AvgIpc) is 3.06. The molecule has 1 saturated heterocycles. The molecule has 0 aromatic heterocycles. The van der Waals surface area contributed by atoms with Gasteiger partial charge >= 0.3 is 0 Å². The zero-order valence-electron chi connectivity index (χ0n) is 17.3. The van der Waals surface area contributed by atoms with Crippen molar-refractivity contribution in [3.05, 3.63) is 36.2 Å². The first-order valence-corrected chi connectivity index (χ1v) is 10.2. The summed E-state index contributed by atoms with van der Waals surface area (Å²) in [5.74, 6) is 1.14. The molecule has 6 heteroatoms. The Morgan fingerprint density at radius 3 is 2.79 bits per heavy atom. The van der Waals surface area contributed by atoms with Crippen LogP contribution in [0, 0.1) is 0 Å². The number of carbonyl (C=O) groups excluding carboxylic acids is 1. The van der Waals surface area contributed by atoms with Crippen LogP contribution in [-0.2, 0) is 16.0 Å². The van der Waals surface area contributed by atoms with Gasteiger partial charge in [0.05, 0.1) is 0 Å². The molecule has 2 aliphatic heterocycles. The fourth-order valence-corrected chi connectivity index (χ4v) is 3.66. The van der Waals surface area contributed by atoms with Crippen LogP contribution in [0.1, 0.15) is 45.6 Å². The van der Waals surface area contributed by atoms with E-state index in [1.54, 1.807) is 0 Å². The molecule has 6 nitrogen and oxygen atoms in total. The highest BCUT2D eigenvalue weighted by molar-refractivity contribution is 5.96. The maximum Gasteiger partial charge on any atom is 0.246 e. The van der Waals surface area contributed by atoms with E-state index >= 15 is 0 Å². The Kier molecular flexibility index (Phi) is 6.50. The molecule has 3 rings (SSSR count). The van der Waals surface area contributed by atoms with Gasteiger partial charge in [0.15, 0.2) is 5.88 Å². The van der Waals surface area contributed by atoms with Crippen LogP contribution in [0.15, 0.2) is 30.7 Å².